The summed E-state index contributed by atoms with van der Waals surface area (Å²) in [5.74, 6) is -0.895. The number of ketones is 1. The van der Waals surface area contributed by atoms with Gasteiger partial charge in [0, 0.05) is 16.1 Å². The molecule has 3 aromatic carbocycles. The third kappa shape index (κ3) is 6.73. The zero-order valence-corrected chi connectivity index (χ0v) is 27.0. The highest BCUT2D eigenvalue weighted by molar-refractivity contribution is 7.96. The number of unbranched alkanes of at least 4 members (excludes halogenated alkanes) is 2. The molecule has 13 heteroatoms. The van der Waals surface area contributed by atoms with Gasteiger partial charge in [-0.2, -0.15) is 4.72 Å². The van der Waals surface area contributed by atoms with Crippen LogP contribution in [-0.4, -0.2) is 35.8 Å². The number of halogens is 1. The van der Waals surface area contributed by atoms with Crippen LogP contribution in [-0.2, 0) is 38.8 Å². The summed E-state index contributed by atoms with van der Waals surface area (Å²) in [7, 11) is -13.8. The molecule has 9 nitrogen and oxygen atoms in total. The molecule has 0 fully saturated rings. The average molecular weight is 666 g/mol. The number of nitrogens with one attached hydrogen (secondary N) is 1. The molecule has 0 aliphatic heterocycles. The van der Waals surface area contributed by atoms with Gasteiger partial charge in [0.25, 0.3) is 0 Å². The molecule has 0 spiro atoms. The molecule has 4 rings (SSSR count). The van der Waals surface area contributed by atoms with Crippen molar-refractivity contribution in [1.29, 1.82) is 0 Å². The number of carbonyl (C=O) groups is 1. The van der Waals surface area contributed by atoms with Gasteiger partial charge in [-0.1, -0.05) is 80.8 Å². The number of allylic oxidation sites excluding steroid dienone is 1. The summed E-state index contributed by atoms with van der Waals surface area (Å²) < 4.78 is 85.5. The van der Waals surface area contributed by atoms with Gasteiger partial charge in [0.05, 0.1) is 23.0 Å². The van der Waals surface area contributed by atoms with Crippen molar-refractivity contribution in [2.75, 3.05) is 13.2 Å². The molecule has 3 aromatic rings. The molecular formula is C30H33ClNO8PS2. The molecule has 1 aliphatic carbocycles. The van der Waals surface area contributed by atoms with Crippen molar-refractivity contribution >= 4 is 44.8 Å². The number of sulfone groups is 1. The van der Waals surface area contributed by atoms with Gasteiger partial charge in [0.2, 0.25) is 25.6 Å². The minimum atomic E-state index is -4.67. The predicted octanol–water partition coefficient (Wildman–Crippen LogP) is 6.85. The average Bonchev–Trinajstić information content (AvgIpc) is 2.99. The van der Waals surface area contributed by atoms with Crippen molar-refractivity contribution < 1.29 is 35.2 Å². The standard InChI is InChI=1S/C30H33ClNO8PS2/c1-3-5-20-39-41(34,40-21-6-4-2)30(32-43(37,38)25-12-8-7-9-13-25)22-28(29(33)26-14-10-11-15-27(26)30)42(35,36)24-18-16-23(31)17-19-24/h7-19,22,32H,3-6,20-21H2,1-2H3. The van der Waals surface area contributed by atoms with E-state index in [0.717, 1.165) is 6.08 Å². The molecule has 0 bridgehead atoms. The number of fused-ring (bicyclic) bond motifs is 1. The Bertz CT molecular complexity index is 1750. The molecule has 0 saturated heterocycles. The van der Waals surface area contributed by atoms with Gasteiger partial charge in [-0.3, -0.25) is 9.36 Å². The fourth-order valence-electron chi connectivity index (χ4n) is 4.55. The molecule has 230 valence electrons. The van der Waals surface area contributed by atoms with E-state index in [1.807, 2.05) is 13.8 Å². The number of hydrogen-bond donors (Lipinski definition) is 1. The first-order valence-corrected chi connectivity index (χ1v) is 18.7. The van der Waals surface area contributed by atoms with E-state index in [1.165, 1.54) is 72.8 Å². The maximum absolute atomic E-state index is 15.1. The highest BCUT2D eigenvalue weighted by Crippen LogP contribution is 2.67. The Labute approximate surface area is 257 Å². The van der Waals surface area contributed by atoms with Crippen LogP contribution >= 0.6 is 19.2 Å². The van der Waals surface area contributed by atoms with Crippen molar-refractivity contribution in [2.45, 2.75) is 54.6 Å². The zero-order valence-electron chi connectivity index (χ0n) is 23.7. The summed E-state index contributed by atoms with van der Waals surface area (Å²) in [4.78, 5) is 12.6. The van der Waals surface area contributed by atoms with Crippen molar-refractivity contribution in [3.8, 4) is 0 Å². The topological polar surface area (TPSA) is 133 Å². The minimum Gasteiger partial charge on any atom is -0.307 e. The van der Waals surface area contributed by atoms with Crippen LogP contribution in [0.1, 0.15) is 55.5 Å². The van der Waals surface area contributed by atoms with E-state index in [1.54, 1.807) is 6.07 Å². The molecule has 1 atom stereocenters. The Morgan fingerprint density at radius 1 is 0.791 bits per heavy atom. The second-order valence-corrected chi connectivity index (χ2v) is 16.2. The van der Waals surface area contributed by atoms with Gasteiger partial charge < -0.3 is 9.05 Å². The van der Waals surface area contributed by atoms with E-state index < -0.39 is 43.4 Å². The third-order valence-corrected chi connectivity index (χ3v) is 12.9. The van der Waals surface area contributed by atoms with Gasteiger partial charge >= 0.3 is 7.60 Å². The Hall–Kier alpha value is -2.63. The molecule has 1 N–H and O–H groups in total. The number of rotatable bonds is 14. The monoisotopic (exact) mass is 665 g/mol. The maximum atomic E-state index is 15.1. The zero-order chi connectivity index (χ0) is 31.3. The van der Waals surface area contributed by atoms with Crippen LogP contribution in [0.15, 0.2) is 99.6 Å². The van der Waals surface area contributed by atoms with Gasteiger partial charge in [0.15, 0.2) is 5.28 Å². The van der Waals surface area contributed by atoms with Gasteiger partial charge in [-0.25, -0.2) is 16.8 Å². The second-order valence-electron chi connectivity index (χ2n) is 9.90. The van der Waals surface area contributed by atoms with E-state index in [0.29, 0.717) is 25.7 Å². The van der Waals surface area contributed by atoms with Gasteiger partial charge in [-0.15, -0.1) is 0 Å². The lowest BCUT2D eigenvalue weighted by Crippen LogP contribution is -2.48. The number of sulfonamides is 1. The minimum absolute atomic E-state index is 0.0501. The van der Waals surface area contributed by atoms with E-state index >= 15 is 4.57 Å². The molecule has 1 unspecified atom stereocenters. The van der Waals surface area contributed by atoms with Crippen LogP contribution in [0.2, 0.25) is 5.02 Å². The van der Waals surface area contributed by atoms with Crippen molar-refractivity contribution in [3.63, 3.8) is 0 Å². The molecular weight excluding hydrogens is 633 g/mol. The number of benzene rings is 3. The van der Waals surface area contributed by atoms with Crippen molar-refractivity contribution in [2.24, 2.45) is 0 Å². The van der Waals surface area contributed by atoms with Crippen LogP contribution < -0.4 is 4.72 Å². The summed E-state index contributed by atoms with van der Waals surface area (Å²) in [6.45, 7) is 3.65. The molecule has 0 amide bonds. The Morgan fingerprint density at radius 2 is 1.35 bits per heavy atom. The Kier molecular flexibility index (Phi) is 10.5. The van der Waals surface area contributed by atoms with Crippen LogP contribution in [0.3, 0.4) is 0 Å². The predicted molar refractivity (Wildman–Crippen MR) is 165 cm³/mol. The number of hydrogen-bond acceptors (Lipinski definition) is 8. The molecule has 0 radical (unpaired) electrons. The second kappa shape index (κ2) is 13.6. The van der Waals surface area contributed by atoms with Crippen LogP contribution in [0.25, 0.3) is 0 Å². The first kappa shape index (κ1) is 33.3. The normalized spacial score (nSPS) is 17.4. The fourth-order valence-corrected chi connectivity index (χ4v) is 10.2. The van der Waals surface area contributed by atoms with Crippen molar-refractivity contribution in [3.05, 3.63) is 106 Å². The molecule has 43 heavy (non-hydrogen) atoms. The maximum Gasteiger partial charge on any atom is 0.360 e. The molecule has 0 saturated carbocycles. The van der Waals surface area contributed by atoms with Gasteiger partial charge in [-0.05, 0) is 55.3 Å². The van der Waals surface area contributed by atoms with E-state index in [-0.39, 0.29) is 39.2 Å². The molecule has 1 aliphatic rings. The summed E-state index contributed by atoms with van der Waals surface area (Å²) in [5.41, 5.74) is -0.211. The summed E-state index contributed by atoms with van der Waals surface area (Å²) in [6.07, 6.45) is 3.14. The lowest BCUT2D eigenvalue weighted by atomic mass is 9.92. The summed E-state index contributed by atoms with van der Waals surface area (Å²) in [5, 5.41) is -2.15. The lowest BCUT2D eigenvalue weighted by molar-refractivity contribution is 0.103. The van der Waals surface area contributed by atoms with Crippen LogP contribution in [0, 0.1) is 0 Å². The Balaban J connectivity index is 2.08. The van der Waals surface area contributed by atoms with E-state index in [9.17, 15) is 21.6 Å². The van der Waals surface area contributed by atoms with E-state index in [2.05, 4.69) is 4.72 Å². The fraction of sp³-hybridized carbons (Fsp3) is 0.300. The number of carbonyl (C=O) groups excluding carboxylic acids is 1. The SMILES string of the molecule is CCCCOP(=O)(OCCCC)C1(NS(=O)(=O)c2ccccc2)C=C(S(=O)(=O)c2ccc(Cl)cc2)C(=O)c2ccccc21. The smallest absolute Gasteiger partial charge is 0.307 e. The van der Waals surface area contributed by atoms with Crippen LogP contribution in [0.4, 0.5) is 0 Å². The first-order valence-electron chi connectivity index (χ1n) is 13.8. The lowest BCUT2D eigenvalue weighted by Gasteiger charge is -2.40. The van der Waals surface area contributed by atoms with E-state index in [4.69, 9.17) is 20.6 Å². The molecule has 0 heterocycles. The quantitative estimate of drug-likeness (QED) is 0.146. The molecule has 0 aromatic heterocycles. The van der Waals surface area contributed by atoms with Gasteiger partial charge in [0.1, 0.15) is 4.91 Å². The third-order valence-electron chi connectivity index (χ3n) is 6.85. The highest BCUT2D eigenvalue weighted by atomic mass is 35.5. The first-order chi connectivity index (χ1) is 20.4. The van der Waals surface area contributed by atoms with Crippen LogP contribution in [0.5, 0.6) is 0 Å². The highest BCUT2D eigenvalue weighted by Gasteiger charge is 2.58. The Morgan fingerprint density at radius 3 is 1.93 bits per heavy atom. The summed E-state index contributed by atoms with van der Waals surface area (Å²) >= 11 is 5.98. The largest absolute Gasteiger partial charge is 0.360 e. The summed E-state index contributed by atoms with van der Waals surface area (Å²) in [6, 6.07) is 18.3. The van der Waals surface area contributed by atoms with Crippen molar-refractivity contribution in [1.82, 2.24) is 4.72 Å². The number of Topliss-reactive ketones (excluding diaryl/α,β-unsaturated/α-hetero) is 1.